The Labute approximate surface area is 163 Å². The summed E-state index contributed by atoms with van der Waals surface area (Å²) in [5.41, 5.74) is 1.59. The third-order valence-electron chi connectivity index (χ3n) is 4.98. The van der Waals surface area contributed by atoms with E-state index < -0.39 is 12.1 Å². The first-order valence-corrected chi connectivity index (χ1v) is 9.49. The fourth-order valence-electron chi connectivity index (χ4n) is 3.51. The van der Waals surface area contributed by atoms with Crippen molar-refractivity contribution in [3.05, 3.63) is 53.8 Å². The Bertz CT molecular complexity index is 1030. The summed E-state index contributed by atoms with van der Waals surface area (Å²) >= 11 is 0. The van der Waals surface area contributed by atoms with Gasteiger partial charge in [-0.1, -0.05) is 18.2 Å². The zero-order valence-electron chi connectivity index (χ0n) is 16.0. The second kappa shape index (κ2) is 7.46. The van der Waals surface area contributed by atoms with E-state index >= 15 is 0 Å². The van der Waals surface area contributed by atoms with Crippen LogP contribution in [0.2, 0.25) is 0 Å². The number of para-hydroxylation sites is 1. The van der Waals surface area contributed by atoms with Gasteiger partial charge in [0.1, 0.15) is 11.5 Å². The number of furan rings is 1. The van der Waals surface area contributed by atoms with E-state index in [2.05, 4.69) is 4.98 Å². The van der Waals surface area contributed by atoms with Crippen molar-refractivity contribution in [2.75, 3.05) is 13.1 Å². The zero-order valence-corrected chi connectivity index (χ0v) is 16.0. The van der Waals surface area contributed by atoms with E-state index in [4.69, 9.17) is 9.15 Å². The monoisotopic (exact) mass is 378 g/mol. The molecule has 144 valence electrons. The second-order valence-electron chi connectivity index (χ2n) is 7.06. The molecule has 1 aliphatic heterocycles. The summed E-state index contributed by atoms with van der Waals surface area (Å²) in [7, 11) is 0. The lowest BCUT2D eigenvalue weighted by Crippen LogP contribution is -2.38. The van der Waals surface area contributed by atoms with E-state index in [1.54, 1.807) is 17.9 Å². The van der Waals surface area contributed by atoms with Crippen molar-refractivity contribution in [2.24, 2.45) is 0 Å². The minimum atomic E-state index is -0.827. The number of carbonyl (C=O) groups excluding carboxylic acids is 2. The topological polar surface area (TPSA) is 72.6 Å². The highest BCUT2D eigenvalue weighted by Gasteiger charge is 2.27. The third kappa shape index (κ3) is 3.50. The number of aromatic nitrogens is 1. The summed E-state index contributed by atoms with van der Waals surface area (Å²) in [4.78, 5) is 31.8. The van der Waals surface area contributed by atoms with Crippen LogP contribution in [0.5, 0.6) is 0 Å². The zero-order chi connectivity index (χ0) is 19.7. The summed E-state index contributed by atoms with van der Waals surface area (Å²) in [6.07, 6.45) is 1.16. The van der Waals surface area contributed by atoms with Crippen molar-refractivity contribution in [2.45, 2.75) is 32.8 Å². The molecule has 3 aromatic rings. The normalized spacial score (nSPS) is 15.0. The molecule has 2 aromatic heterocycles. The van der Waals surface area contributed by atoms with Crippen molar-refractivity contribution in [3.8, 4) is 11.5 Å². The van der Waals surface area contributed by atoms with Gasteiger partial charge < -0.3 is 14.1 Å². The molecule has 1 fully saturated rings. The number of nitrogens with zero attached hydrogens (tertiary/aromatic N) is 2. The number of pyridine rings is 1. The summed E-state index contributed by atoms with van der Waals surface area (Å²) < 4.78 is 11.2. The molecule has 0 bridgehead atoms. The van der Waals surface area contributed by atoms with E-state index in [-0.39, 0.29) is 5.91 Å². The lowest BCUT2D eigenvalue weighted by atomic mass is 10.1. The van der Waals surface area contributed by atoms with E-state index in [9.17, 15) is 9.59 Å². The summed E-state index contributed by atoms with van der Waals surface area (Å²) in [5.74, 6) is 0.659. The Morgan fingerprint density at radius 2 is 1.89 bits per heavy atom. The first-order chi connectivity index (χ1) is 13.5. The molecule has 1 atom stereocenters. The van der Waals surface area contributed by atoms with Crippen LogP contribution in [0.25, 0.3) is 22.4 Å². The van der Waals surface area contributed by atoms with E-state index in [1.165, 1.54) is 0 Å². The largest absolute Gasteiger partial charge is 0.460 e. The summed E-state index contributed by atoms with van der Waals surface area (Å²) in [6, 6.07) is 12.7. The Kier molecular flexibility index (Phi) is 4.86. The highest BCUT2D eigenvalue weighted by Crippen LogP contribution is 2.27. The van der Waals surface area contributed by atoms with Gasteiger partial charge in [-0.05, 0) is 51.0 Å². The SMILES string of the molecule is Cc1ccc(-c2cc(C(=O)O[C@H](C)C(=O)N3CCCC3)c3ccccc3n2)o1. The molecule has 3 heterocycles. The number of amides is 1. The Balaban J connectivity index is 1.66. The van der Waals surface area contributed by atoms with Crippen molar-refractivity contribution >= 4 is 22.8 Å². The van der Waals surface area contributed by atoms with Crippen molar-refractivity contribution < 1.29 is 18.7 Å². The minimum absolute atomic E-state index is 0.147. The Morgan fingerprint density at radius 1 is 1.14 bits per heavy atom. The average molecular weight is 378 g/mol. The van der Waals surface area contributed by atoms with Gasteiger partial charge in [0.05, 0.1) is 11.1 Å². The van der Waals surface area contributed by atoms with Gasteiger partial charge in [-0.3, -0.25) is 4.79 Å². The number of hydrogen-bond acceptors (Lipinski definition) is 5. The van der Waals surface area contributed by atoms with Crippen LogP contribution in [0.1, 0.15) is 35.9 Å². The standard InChI is InChI=1S/C22H22N2O4/c1-14-9-10-20(27-14)19-13-17(16-7-3-4-8-18(16)23-19)22(26)28-15(2)21(25)24-11-5-6-12-24/h3-4,7-10,13,15H,5-6,11-12H2,1-2H3/t15-/m1/s1. The number of rotatable bonds is 4. The van der Waals surface area contributed by atoms with Crippen LogP contribution in [0, 0.1) is 6.92 Å². The molecule has 0 N–H and O–H groups in total. The maximum Gasteiger partial charge on any atom is 0.339 e. The predicted molar refractivity (Wildman–Crippen MR) is 105 cm³/mol. The fourth-order valence-corrected chi connectivity index (χ4v) is 3.51. The molecular weight excluding hydrogens is 356 g/mol. The predicted octanol–water partition coefficient (Wildman–Crippen LogP) is 3.97. The first kappa shape index (κ1) is 18.2. The Hall–Kier alpha value is -3.15. The summed E-state index contributed by atoms with van der Waals surface area (Å²) in [6.45, 7) is 4.92. The lowest BCUT2D eigenvalue weighted by molar-refractivity contribution is -0.138. The number of esters is 1. The maximum atomic E-state index is 12.9. The van der Waals surface area contributed by atoms with Crippen LogP contribution in [0.3, 0.4) is 0 Å². The molecule has 1 saturated heterocycles. The molecule has 0 spiro atoms. The molecule has 1 aliphatic rings. The minimum Gasteiger partial charge on any atom is -0.460 e. The molecule has 4 rings (SSSR count). The number of carbonyl (C=O) groups is 2. The van der Waals surface area contributed by atoms with Gasteiger partial charge in [0, 0.05) is 18.5 Å². The summed E-state index contributed by atoms with van der Waals surface area (Å²) in [5, 5.41) is 0.681. The molecule has 6 nitrogen and oxygen atoms in total. The van der Waals surface area contributed by atoms with E-state index in [0.717, 1.165) is 31.7 Å². The first-order valence-electron chi connectivity index (χ1n) is 9.49. The van der Waals surface area contributed by atoms with Crippen LogP contribution in [0.4, 0.5) is 0 Å². The molecule has 0 radical (unpaired) electrons. The second-order valence-corrected chi connectivity index (χ2v) is 7.06. The highest BCUT2D eigenvalue weighted by molar-refractivity contribution is 6.05. The van der Waals surface area contributed by atoms with Gasteiger partial charge >= 0.3 is 5.97 Å². The van der Waals surface area contributed by atoms with Gasteiger partial charge in [-0.25, -0.2) is 9.78 Å². The fraction of sp³-hybridized carbons (Fsp3) is 0.318. The number of fused-ring (bicyclic) bond motifs is 1. The van der Waals surface area contributed by atoms with E-state index in [0.29, 0.717) is 27.9 Å². The van der Waals surface area contributed by atoms with Gasteiger partial charge in [0.2, 0.25) is 0 Å². The smallest absolute Gasteiger partial charge is 0.339 e. The molecule has 1 amide bonds. The van der Waals surface area contributed by atoms with Gasteiger partial charge in [0.25, 0.3) is 5.91 Å². The number of aryl methyl sites for hydroxylation is 1. The van der Waals surface area contributed by atoms with Gasteiger partial charge in [-0.2, -0.15) is 0 Å². The molecular formula is C22H22N2O4. The average Bonchev–Trinajstić information content (AvgIpc) is 3.38. The molecule has 0 aliphatic carbocycles. The number of ether oxygens (including phenoxy) is 1. The lowest BCUT2D eigenvalue weighted by Gasteiger charge is -2.20. The van der Waals surface area contributed by atoms with Crippen LogP contribution in [-0.2, 0) is 9.53 Å². The highest BCUT2D eigenvalue weighted by atomic mass is 16.5. The van der Waals surface area contributed by atoms with Crippen LogP contribution in [0.15, 0.2) is 46.9 Å². The number of benzene rings is 1. The van der Waals surface area contributed by atoms with Gasteiger partial charge in [0.15, 0.2) is 11.9 Å². The Morgan fingerprint density at radius 3 is 2.61 bits per heavy atom. The van der Waals surface area contributed by atoms with Crippen LogP contribution >= 0.6 is 0 Å². The van der Waals surface area contributed by atoms with Crippen molar-refractivity contribution in [1.82, 2.24) is 9.88 Å². The molecule has 1 aromatic carbocycles. The van der Waals surface area contributed by atoms with Gasteiger partial charge in [-0.15, -0.1) is 0 Å². The maximum absolute atomic E-state index is 12.9. The van der Waals surface area contributed by atoms with Crippen LogP contribution < -0.4 is 0 Å². The van der Waals surface area contributed by atoms with E-state index in [1.807, 2.05) is 43.3 Å². The molecule has 0 unspecified atom stereocenters. The van der Waals surface area contributed by atoms with Crippen molar-refractivity contribution in [1.29, 1.82) is 0 Å². The quantitative estimate of drug-likeness (QED) is 0.642. The third-order valence-corrected chi connectivity index (χ3v) is 4.98. The van der Waals surface area contributed by atoms with Crippen LogP contribution in [-0.4, -0.2) is 41.0 Å². The number of hydrogen-bond donors (Lipinski definition) is 0. The molecule has 0 saturated carbocycles. The van der Waals surface area contributed by atoms with Crippen molar-refractivity contribution in [3.63, 3.8) is 0 Å². The number of likely N-dealkylation sites (tertiary alicyclic amines) is 1. The molecule has 28 heavy (non-hydrogen) atoms. The molecule has 6 heteroatoms.